The largest absolute Gasteiger partial charge is 0.439 e. The van der Waals surface area contributed by atoms with Gasteiger partial charge in [-0.15, -0.1) is 0 Å². The molecule has 1 amide bonds. The molecule has 0 saturated carbocycles. The average molecular weight is 443 g/mol. The van der Waals surface area contributed by atoms with Crippen LogP contribution in [-0.4, -0.2) is 66.9 Å². The number of rotatable bonds is 5. The van der Waals surface area contributed by atoms with Crippen LogP contribution in [0.5, 0.6) is 0 Å². The van der Waals surface area contributed by atoms with Crippen LogP contribution in [-0.2, 0) is 10.0 Å². The van der Waals surface area contributed by atoms with Crippen molar-refractivity contribution < 1.29 is 17.7 Å². The number of nitrogens with one attached hydrogen (secondary N) is 2. The standard InChI is InChI=1S/C20H21N5O5S/c1-24-8-10-25(11-9-24)31(28,29)17-7-3-5-15(13-17)19(26)21-16-6-2-4-14(12-16)18-22-20(27)30-23-18/h2-7,12-13H,8-11H2,1H3,(H,21,26)(H,22,23,27). The van der Waals surface area contributed by atoms with Crippen LogP contribution in [0.2, 0.25) is 0 Å². The topological polar surface area (TPSA) is 129 Å². The number of amides is 1. The number of anilines is 1. The lowest BCUT2D eigenvalue weighted by Gasteiger charge is -2.31. The highest BCUT2D eigenvalue weighted by molar-refractivity contribution is 7.89. The SMILES string of the molecule is CN1CCN(S(=O)(=O)c2cccc(C(=O)Nc3cccc(-c4noc(=O)[nH]4)c3)c2)CC1. The molecule has 31 heavy (non-hydrogen) atoms. The Morgan fingerprint density at radius 1 is 1.10 bits per heavy atom. The Bertz CT molecular complexity index is 1260. The molecule has 11 heteroatoms. The van der Waals surface area contributed by atoms with E-state index in [0.717, 1.165) is 0 Å². The van der Waals surface area contributed by atoms with Crippen molar-refractivity contribution >= 4 is 21.6 Å². The first-order valence-electron chi connectivity index (χ1n) is 9.59. The van der Waals surface area contributed by atoms with Crippen LogP contribution < -0.4 is 11.1 Å². The van der Waals surface area contributed by atoms with Gasteiger partial charge in [0.05, 0.1) is 4.90 Å². The number of aromatic amines is 1. The molecule has 0 atom stereocenters. The second kappa shape index (κ2) is 8.46. The third-order valence-electron chi connectivity index (χ3n) is 5.03. The summed E-state index contributed by atoms with van der Waals surface area (Å²) in [6, 6.07) is 12.7. The van der Waals surface area contributed by atoms with Gasteiger partial charge in [-0.05, 0) is 37.4 Å². The van der Waals surface area contributed by atoms with Crippen molar-refractivity contribution in [2.24, 2.45) is 0 Å². The molecule has 0 aliphatic carbocycles. The van der Waals surface area contributed by atoms with E-state index in [2.05, 4.69) is 24.9 Å². The quantitative estimate of drug-likeness (QED) is 0.607. The van der Waals surface area contributed by atoms with Gasteiger partial charge in [0.1, 0.15) is 0 Å². The summed E-state index contributed by atoms with van der Waals surface area (Å²) in [5.41, 5.74) is 1.23. The molecule has 162 valence electrons. The van der Waals surface area contributed by atoms with Gasteiger partial charge in [0.15, 0.2) is 5.82 Å². The fourth-order valence-electron chi connectivity index (χ4n) is 3.28. The summed E-state index contributed by atoms with van der Waals surface area (Å²) >= 11 is 0. The fourth-order valence-corrected chi connectivity index (χ4v) is 4.75. The van der Waals surface area contributed by atoms with Crippen LogP contribution in [0.15, 0.2) is 62.7 Å². The van der Waals surface area contributed by atoms with E-state index in [4.69, 9.17) is 0 Å². The third kappa shape index (κ3) is 4.58. The molecule has 2 aromatic carbocycles. The Kier molecular flexibility index (Phi) is 5.72. The zero-order valence-electron chi connectivity index (χ0n) is 16.7. The van der Waals surface area contributed by atoms with Crippen LogP contribution in [0, 0.1) is 0 Å². The van der Waals surface area contributed by atoms with Crippen LogP contribution in [0.1, 0.15) is 10.4 Å². The first-order chi connectivity index (χ1) is 14.8. The normalized spacial score (nSPS) is 15.6. The Labute approximate surface area is 178 Å². The third-order valence-corrected chi connectivity index (χ3v) is 6.93. The van der Waals surface area contributed by atoms with Crippen molar-refractivity contribution in [1.82, 2.24) is 19.3 Å². The summed E-state index contributed by atoms with van der Waals surface area (Å²) in [7, 11) is -1.73. The lowest BCUT2D eigenvalue weighted by atomic mass is 10.1. The Morgan fingerprint density at radius 3 is 2.55 bits per heavy atom. The van der Waals surface area contributed by atoms with E-state index in [-0.39, 0.29) is 16.3 Å². The molecule has 0 radical (unpaired) electrons. The Hall–Kier alpha value is -3.28. The average Bonchev–Trinajstić information content (AvgIpc) is 3.21. The number of carbonyl (C=O) groups is 1. The molecule has 0 unspecified atom stereocenters. The highest BCUT2D eigenvalue weighted by atomic mass is 32.2. The van der Waals surface area contributed by atoms with Gasteiger partial charge in [-0.3, -0.25) is 14.3 Å². The van der Waals surface area contributed by atoms with E-state index in [1.165, 1.54) is 16.4 Å². The minimum Gasteiger partial charge on any atom is -0.322 e. The maximum absolute atomic E-state index is 13.0. The smallest absolute Gasteiger partial charge is 0.322 e. The number of aromatic nitrogens is 2. The summed E-state index contributed by atoms with van der Waals surface area (Å²) in [5.74, 6) is -0.898. The Morgan fingerprint density at radius 2 is 1.84 bits per heavy atom. The van der Waals surface area contributed by atoms with Gasteiger partial charge in [0, 0.05) is 43.0 Å². The van der Waals surface area contributed by atoms with Gasteiger partial charge in [0.2, 0.25) is 10.0 Å². The molecule has 0 bridgehead atoms. The molecule has 10 nitrogen and oxygen atoms in total. The number of H-pyrrole nitrogens is 1. The van der Waals surface area contributed by atoms with Crippen LogP contribution in [0.3, 0.4) is 0 Å². The predicted molar refractivity (Wildman–Crippen MR) is 113 cm³/mol. The molecule has 2 N–H and O–H groups in total. The summed E-state index contributed by atoms with van der Waals surface area (Å²) < 4.78 is 31.9. The number of benzene rings is 2. The first kappa shape index (κ1) is 21.0. The fraction of sp³-hybridized carbons (Fsp3) is 0.250. The second-order valence-corrected chi connectivity index (χ2v) is 9.15. The van der Waals surface area contributed by atoms with Crippen molar-refractivity contribution in [3.63, 3.8) is 0 Å². The van der Waals surface area contributed by atoms with Gasteiger partial charge in [-0.1, -0.05) is 23.4 Å². The molecule has 0 spiro atoms. The van der Waals surface area contributed by atoms with E-state index in [1.54, 1.807) is 36.4 Å². The number of nitrogens with zero attached hydrogens (tertiary/aromatic N) is 3. The molecule has 1 aliphatic rings. The van der Waals surface area contributed by atoms with Crippen molar-refractivity contribution in [2.75, 3.05) is 38.5 Å². The van der Waals surface area contributed by atoms with Gasteiger partial charge in [-0.25, -0.2) is 13.2 Å². The number of hydrogen-bond acceptors (Lipinski definition) is 7. The van der Waals surface area contributed by atoms with Crippen LogP contribution in [0.25, 0.3) is 11.4 Å². The predicted octanol–water partition coefficient (Wildman–Crippen LogP) is 1.22. The monoisotopic (exact) mass is 443 g/mol. The zero-order chi connectivity index (χ0) is 22.0. The molecule has 4 rings (SSSR count). The summed E-state index contributed by atoms with van der Waals surface area (Å²) in [6.45, 7) is 2.14. The number of carbonyl (C=O) groups excluding carboxylic acids is 1. The number of sulfonamides is 1. The van der Waals surface area contributed by atoms with Crippen molar-refractivity contribution in [3.8, 4) is 11.4 Å². The van der Waals surface area contributed by atoms with Gasteiger partial charge < -0.3 is 10.2 Å². The van der Waals surface area contributed by atoms with Crippen LogP contribution in [0.4, 0.5) is 5.69 Å². The van der Waals surface area contributed by atoms with E-state index in [0.29, 0.717) is 37.4 Å². The molecule has 1 aliphatic heterocycles. The van der Waals surface area contributed by atoms with Gasteiger partial charge in [0.25, 0.3) is 5.91 Å². The van der Waals surface area contributed by atoms with E-state index < -0.39 is 21.7 Å². The number of piperazine rings is 1. The summed E-state index contributed by atoms with van der Waals surface area (Å²) in [4.78, 5) is 28.5. The van der Waals surface area contributed by atoms with Crippen molar-refractivity contribution in [3.05, 3.63) is 64.6 Å². The molecular weight excluding hydrogens is 422 g/mol. The minimum atomic E-state index is -3.68. The highest BCUT2D eigenvalue weighted by Crippen LogP contribution is 2.21. The Balaban J connectivity index is 1.53. The maximum Gasteiger partial charge on any atom is 0.439 e. The highest BCUT2D eigenvalue weighted by Gasteiger charge is 2.28. The number of likely N-dealkylation sites (N-methyl/N-ethyl adjacent to an activating group) is 1. The minimum absolute atomic E-state index is 0.0821. The van der Waals surface area contributed by atoms with E-state index >= 15 is 0 Å². The zero-order valence-corrected chi connectivity index (χ0v) is 17.6. The lowest BCUT2D eigenvalue weighted by molar-refractivity contribution is 0.102. The first-order valence-corrected chi connectivity index (χ1v) is 11.0. The molecule has 1 aromatic heterocycles. The molecule has 2 heterocycles. The van der Waals surface area contributed by atoms with Gasteiger partial charge in [-0.2, -0.15) is 4.31 Å². The van der Waals surface area contributed by atoms with Crippen LogP contribution >= 0.6 is 0 Å². The van der Waals surface area contributed by atoms with E-state index in [1.807, 2.05) is 7.05 Å². The number of hydrogen-bond donors (Lipinski definition) is 2. The van der Waals surface area contributed by atoms with E-state index in [9.17, 15) is 18.0 Å². The summed E-state index contributed by atoms with van der Waals surface area (Å²) in [6.07, 6.45) is 0. The lowest BCUT2D eigenvalue weighted by Crippen LogP contribution is -2.47. The molecule has 1 fully saturated rings. The maximum atomic E-state index is 13.0. The molecular formula is C20H21N5O5S. The van der Waals surface area contributed by atoms with Crippen molar-refractivity contribution in [2.45, 2.75) is 4.90 Å². The molecule has 1 saturated heterocycles. The van der Waals surface area contributed by atoms with Crippen molar-refractivity contribution in [1.29, 1.82) is 0 Å². The second-order valence-electron chi connectivity index (χ2n) is 7.21. The summed E-state index contributed by atoms with van der Waals surface area (Å²) in [5, 5.41) is 6.36. The van der Waals surface area contributed by atoms with Gasteiger partial charge >= 0.3 is 5.76 Å². The molecule has 3 aromatic rings.